The third-order valence-electron chi connectivity index (χ3n) is 4.23. The first-order chi connectivity index (χ1) is 7.14. The highest BCUT2D eigenvalue weighted by atomic mass is 16.5. The molecule has 0 aliphatic carbocycles. The Bertz CT molecular complexity index is 218. The molecule has 2 saturated heterocycles. The van der Waals surface area contributed by atoms with Gasteiger partial charge in [0.25, 0.3) is 0 Å². The van der Waals surface area contributed by atoms with E-state index in [4.69, 9.17) is 4.74 Å². The maximum absolute atomic E-state index is 5.88. The summed E-state index contributed by atoms with van der Waals surface area (Å²) in [6.45, 7) is 7.74. The number of rotatable bonds is 3. The van der Waals surface area contributed by atoms with E-state index in [-0.39, 0.29) is 5.60 Å². The van der Waals surface area contributed by atoms with Gasteiger partial charge in [0, 0.05) is 31.8 Å². The molecule has 0 spiro atoms. The number of nitrogens with zero attached hydrogens (tertiary/aromatic N) is 1. The largest absolute Gasteiger partial charge is 0.375 e. The van der Waals surface area contributed by atoms with Crippen LogP contribution in [0, 0.1) is 0 Å². The molecule has 1 N–H and O–H groups in total. The highest BCUT2D eigenvalue weighted by molar-refractivity contribution is 4.91. The SMILES string of the molecule is CCC1(C)CC(N(C)C2CNC2)CCO1. The lowest BCUT2D eigenvalue weighted by Crippen LogP contribution is -2.60. The van der Waals surface area contributed by atoms with Gasteiger partial charge in [0.05, 0.1) is 5.60 Å². The molecule has 2 atom stereocenters. The molecule has 3 nitrogen and oxygen atoms in total. The molecule has 2 rings (SSSR count). The zero-order valence-corrected chi connectivity index (χ0v) is 10.3. The average molecular weight is 212 g/mol. The predicted octanol–water partition coefficient (Wildman–Crippen LogP) is 1.24. The summed E-state index contributed by atoms with van der Waals surface area (Å²) in [5.41, 5.74) is 0.119. The monoisotopic (exact) mass is 212 g/mol. The first-order valence-electron chi connectivity index (χ1n) is 6.21. The van der Waals surface area contributed by atoms with Crippen molar-refractivity contribution in [3.05, 3.63) is 0 Å². The van der Waals surface area contributed by atoms with Gasteiger partial charge in [0.2, 0.25) is 0 Å². The molecule has 2 heterocycles. The van der Waals surface area contributed by atoms with Crippen molar-refractivity contribution in [2.45, 2.75) is 50.8 Å². The second-order valence-corrected chi connectivity index (χ2v) is 5.28. The first-order valence-corrected chi connectivity index (χ1v) is 6.21. The summed E-state index contributed by atoms with van der Waals surface area (Å²) in [6.07, 6.45) is 3.51. The number of hydrogen-bond donors (Lipinski definition) is 1. The molecule has 0 aromatic rings. The molecule has 3 heteroatoms. The van der Waals surface area contributed by atoms with Crippen LogP contribution in [0.25, 0.3) is 0 Å². The summed E-state index contributed by atoms with van der Waals surface area (Å²) in [7, 11) is 2.28. The Hall–Kier alpha value is -0.120. The van der Waals surface area contributed by atoms with Crippen LogP contribution in [0.5, 0.6) is 0 Å². The maximum atomic E-state index is 5.88. The molecule has 0 aromatic carbocycles. The van der Waals surface area contributed by atoms with Gasteiger partial charge in [0.1, 0.15) is 0 Å². The van der Waals surface area contributed by atoms with Crippen LogP contribution in [0.3, 0.4) is 0 Å². The standard InChI is InChI=1S/C12H24N2O/c1-4-12(2)7-10(5-6-15-12)14(3)11-8-13-9-11/h10-11,13H,4-9H2,1-3H3. The minimum atomic E-state index is 0.119. The predicted molar refractivity (Wildman–Crippen MR) is 62.1 cm³/mol. The molecule has 15 heavy (non-hydrogen) atoms. The molecule has 0 aromatic heterocycles. The number of ether oxygens (including phenoxy) is 1. The smallest absolute Gasteiger partial charge is 0.0666 e. The van der Waals surface area contributed by atoms with Crippen molar-refractivity contribution in [3.63, 3.8) is 0 Å². The minimum Gasteiger partial charge on any atom is -0.375 e. The van der Waals surface area contributed by atoms with Crippen molar-refractivity contribution in [1.82, 2.24) is 10.2 Å². The molecule has 2 fully saturated rings. The molecule has 2 aliphatic rings. The number of hydrogen-bond acceptors (Lipinski definition) is 3. The van der Waals surface area contributed by atoms with Crippen LogP contribution in [-0.4, -0.2) is 49.3 Å². The Kier molecular flexibility index (Phi) is 3.33. The fourth-order valence-corrected chi connectivity index (χ4v) is 2.55. The van der Waals surface area contributed by atoms with Crippen LogP contribution in [-0.2, 0) is 4.74 Å². The van der Waals surface area contributed by atoms with E-state index in [1.165, 1.54) is 12.8 Å². The van der Waals surface area contributed by atoms with Crippen molar-refractivity contribution >= 4 is 0 Å². The molecular formula is C12H24N2O. The van der Waals surface area contributed by atoms with Gasteiger partial charge in [-0.1, -0.05) is 6.92 Å². The maximum Gasteiger partial charge on any atom is 0.0666 e. The van der Waals surface area contributed by atoms with Crippen molar-refractivity contribution in [3.8, 4) is 0 Å². The lowest BCUT2D eigenvalue weighted by Gasteiger charge is -2.46. The van der Waals surface area contributed by atoms with Gasteiger partial charge in [0.15, 0.2) is 0 Å². The van der Waals surface area contributed by atoms with Gasteiger partial charge in [-0.15, -0.1) is 0 Å². The summed E-state index contributed by atoms with van der Waals surface area (Å²) >= 11 is 0. The fourth-order valence-electron chi connectivity index (χ4n) is 2.55. The zero-order valence-electron chi connectivity index (χ0n) is 10.3. The van der Waals surface area contributed by atoms with E-state index in [0.717, 1.165) is 38.2 Å². The Balaban J connectivity index is 1.91. The molecular weight excluding hydrogens is 188 g/mol. The third kappa shape index (κ3) is 2.35. The molecule has 0 radical (unpaired) electrons. The third-order valence-corrected chi connectivity index (χ3v) is 4.23. The second-order valence-electron chi connectivity index (χ2n) is 5.28. The molecule has 88 valence electrons. The molecule has 0 saturated carbocycles. The van der Waals surface area contributed by atoms with Gasteiger partial charge < -0.3 is 10.1 Å². The lowest BCUT2D eigenvalue weighted by atomic mass is 9.88. The van der Waals surface area contributed by atoms with E-state index in [0.29, 0.717) is 0 Å². The Labute approximate surface area is 93.2 Å². The molecule has 0 amide bonds. The summed E-state index contributed by atoms with van der Waals surface area (Å²) in [5.74, 6) is 0. The van der Waals surface area contributed by atoms with Crippen molar-refractivity contribution in [2.75, 3.05) is 26.7 Å². The van der Waals surface area contributed by atoms with Gasteiger partial charge in [-0.3, -0.25) is 4.90 Å². The van der Waals surface area contributed by atoms with Crippen LogP contribution in [0.4, 0.5) is 0 Å². The Morgan fingerprint density at radius 3 is 2.67 bits per heavy atom. The van der Waals surface area contributed by atoms with Crippen LogP contribution >= 0.6 is 0 Å². The van der Waals surface area contributed by atoms with Crippen molar-refractivity contribution < 1.29 is 4.74 Å². The fraction of sp³-hybridized carbons (Fsp3) is 1.00. The Morgan fingerprint density at radius 2 is 2.13 bits per heavy atom. The minimum absolute atomic E-state index is 0.119. The first kappa shape index (κ1) is 11.4. The van der Waals surface area contributed by atoms with Crippen LogP contribution in [0.2, 0.25) is 0 Å². The summed E-state index contributed by atoms with van der Waals surface area (Å²) in [5, 5.41) is 3.34. The average Bonchev–Trinajstić information content (AvgIpc) is 2.15. The van der Waals surface area contributed by atoms with E-state index in [1.807, 2.05) is 0 Å². The van der Waals surface area contributed by atoms with E-state index in [1.54, 1.807) is 0 Å². The van der Waals surface area contributed by atoms with E-state index < -0.39 is 0 Å². The van der Waals surface area contributed by atoms with Crippen LogP contribution in [0.1, 0.15) is 33.1 Å². The summed E-state index contributed by atoms with van der Waals surface area (Å²) in [4.78, 5) is 2.56. The molecule has 0 bridgehead atoms. The Morgan fingerprint density at radius 1 is 1.40 bits per heavy atom. The van der Waals surface area contributed by atoms with Crippen LogP contribution < -0.4 is 5.32 Å². The summed E-state index contributed by atoms with van der Waals surface area (Å²) in [6, 6.07) is 1.48. The number of nitrogens with one attached hydrogen (secondary N) is 1. The zero-order chi connectivity index (χ0) is 10.9. The lowest BCUT2D eigenvalue weighted by molar-refractivity contribution is -0.100. The second kappa shape index (κ2) is 4.40. The highest BCUT2D eigenvalue weighted by Crippen LogP contribution is 2.30. The topological polar surface area (TPSA) is 24.5 Å². The van der Waals surface area contributed by atoms with Crippen molar-refractivity contribution in [2.24, 2.45) is 0 Å². The number of likely N-dealkylation sites (N-methyl/N-ethyl adjacent to an activating group) is 1. The van der Waals surface area contributed by atoms with E-state index >= 15 is 0 Å². The van der Waals surface area contributed by atoms with Gasteiger partial charge >= 0.3 is 0 Å². The quantitative estimate of drug-likeness (QED) is 0.762. The molecule has 2 unspecified atom stereocenters. The van der Waals surface area contributed by atoms with E-state index in [2.05, 4.69) is 31.1 Å². The summed E-state index contributed by atoms with van der Waals surface area (Å²) < 4.78 is 5.88. The molecule has 2 aliphatic heterocycles. The van der Waals surface area contributed by atoms with Crippen molar-refractivity contribution in [1.29, 1.82) is 0 Å². The normalized spacial score (nSPS) is 38.0. The van der Waals surface area contributed by atoms with Gasteiger partial charge in [-0.05, 0) is 33.2 Å². The van der Waals surface area contributed by atoms with Gasteiger partial charge in [-0.25, -0.2) is 0 Å². The van der Waals surface area contributed by atoms with Crippen LogP contribution in [0.15, 0.2) is 0 Å². The highest BCUT2D eigenvalue weighted by Gasteiger charge is 2.36. The van der Waals surface area contributed by atoms with E-state index in [9.17, 15) is 0 Å². The van der Waals surface area contributed by atoms with Gasteiger partial charge in [-0.2, -0.15) is 0 Å².